The molecule has 1 nitrogen and oxygen atoms in total. The van der Waals surface area contributed by atoms with Crippen molar-refractivity contribution in [3.63, 3.8) is 0 Å². The van der Waals surface area contributed by atoms with E-state index < -0.39 is 11.7 Å². The molecule has 0 heterocycles. The van der Waals surface area contributed by atoms with E-state index in [1.807, 2.05) is 13.8 Å². The lowest BCUT2D eigenvalue weighted by molar-refractivity contribution is -0.137. The molecule has 0 N–H and O–H groups in total. The summed E-state index contributed by atoms with van der Waals surface area (Å²) < 4.78 is 37.5. The fourth-order valence-electron chi connectivity index (χ4n) is 1.95. The summed E-state index contributed by atoms with van der Waals surface area (Å²) >= 11 is 0. The number of hydrogen-bond acceptors (Lipinski definition) is 1. The monoisotopic (exact) mass is 258 g/mol. The number of hydrogen-bond donors (Lipinski definition) is 0. The molecule has 0 radical (unpaired) electrons. The lowest BCUT2D eigenvalue weighted by Gasteiger charge is -2.13. The minimum Gasteiger partial charge on any atom is -0.294 e. The summed E-state index contributed by atoms with van der Waals surface area (Å²) in [6, 6.07) is 3.29. The highest BCUT2D eigenvalue weighted by molar-refractivity contribution is 5.98. The van der Waals surface area contributed by atoms with Crippen LogP contribution in [0.5, 0.6) is 0 Å². The molecule has 0 spiro atoms. The maximum Gasteiger partial charge on any atom is 0.416 e. The van der Waals surface area contributed by atoms with E-state index in [0.717, 1.165) is 25.0 Å². The molecule has 0 aliphatic carbocycles. The van der Waals surface area contributed by atoms with Crippen molar-refractivity contribution in [3.05, 3.63) is 34.9 Å². The van der Waals surface area contributed by atoms with Gasteiger partial charge in [-0.05, 0) is 31.0 Å². The molecule has 4 heteroatoms. The van der Waals surface area contributed by atoms with E-state index in [1.165, 1.54) is 6.07 Å². The molecule has 1 aromatic carbocycles. The van der Waals surface area contributed by atoms with E-state index in [-0.39, 0.29) is 11.7 Å². The zero-order valence-electron chi connectivity index (χ0n) is 10.8. The summed E-state index contributed by atoms with van der Waals surface area (Å²) in [5, 5.41) is 0. The van der Waals surface area contributed by atoms with Crippen LogP contribution >= 0.6 is 0 Å². The van der Waals surface area contributed by atoms with Crippen molar-refractivity contribution in [1.82, 2.24) is 0 Å². The molecule has 0 aromatic heterocycles. The van der Waals surface area contributed by atoms with Crippen molar-refractivity contribution >= 4 is 5.78 Å². The molecule has 18 heavy (non-hydrogen) atoms. The van der Waals surface area contributed by atoms with E-state index in [1.54, 1.807) is 6.92 Å². The smallest absolute Gasteiger partial charge is 0.294 e. The van der Waals surface area contributed by atoms with Crippen LogP contribution in [-0.4, -0.2) is 5.78 Å². The van der Waals surface area contributed by atoms with Crippen molar-refractivity contribution in [1.29, 1.82) is 0 Å². The summed E-state index contributed by atoms with van der Waals surface area (Å²) in [6.07, 6.45) is -2.73. The van der Waals surface area contributed by atoms with Gasteiger partial charge in [-0.3, -0.25) is 4.79 Å². The predicted octanol–water partition coefficient (Wildman–Crippen LogP) is 4.63. The number of rotatable bonds is 4. The van der Waals surface area contributed by atoms with E-state index in [4.69, 9.17) is 0 Å². The normalized spacial score (nSPS) is 13.4. The maximum absolute atomic E-state index is 12.5. The fourth-order valence-corrected chi connectivity index (χ4v) is 1.95. The third kappa shape index (κ3) is 3.34. The van der Waals surface area contributed by atoms with Crippen molar-refractivity contribution < 1.29 is 18.0 Å². The zero-order chi connectivity index (χ0) is 13.9. The minimum absolute atomic E-state index is 0.0805. The van der Waals surface area contributed by atoms with Gasteiger partial charge in [-0.15, -0.1) is 0 Å². The molecule has 0 amide bonds. The average Bonchev–Trinajstić information content (AvgIpc) is 2.27. The van der Waals surface area contributed by atoms with Gasteiger partial charge in [-0.25, -0.2) is 0 Å². The van der Waals surface area contributed by atoms with Crippen LogP contribution in [0.15, 0.2) is 18.2 Å². The molecule has 0 fully saturated rings. The van der Waals surface area contributed by atoms with Crippen LogP contribution in [0.2, 0.25) is 0 Å². The molecule has 0 saturated heterocycles. The Morgan fingerprint density at radius 1 is 1.33 bits per heavy atom. The largest absolute Gasteiger partial charge is 0.416 e. The topological polar surface area (TPSA) is 17.1 Å². The van der Waals surface area contributed by atoms with Gasteiger partial charge >= 0.3 is 6.18 Å². The molecule has 1 atom stereocenters. The van der Waals surface area contributed by atoms with E-state index >= 15 is 0 Å². The Kier molecular flexibility index (Phi) is 4.54. The molecule has 1 unspecified atom stereocenters. The first-order chi connectivity index (χ1) is 8.27. The number of carbonyl (C=O) groups excluding carboxylic acids is 1. The van der Waals surface area contributed by atoms with E-state index in [2.05, 4.69) is 0 Å². The van der Waals surface area contributed by atoms with Crippen LogP contribution in [0.1, 0.15) is 48.2 Å². The molecule has 0 bridgehead atoms. The molecular weight excluding hydrogens is 241 g/mol. The van der Waals surface area contributed by atoms with E-state index in [0.29, 0.717) is 11.1 Å². The van der Waals surface area contributed by atoms with Crippen LogP contribution in [0.25, 0.3) is 0 Å². The number of Topliss-reactive ketones (excluding diaryl/α,β-unsaturated/α-hetero) is 1. The first-order valence-corrected chi connectivity index (χ1v) is 5.99. The Bertz CT molecular complexity index is 435. The van der Waals surface area contributed by atoms with E-state index in [9.17, 15) is 18.0 Å². The molecular formula is C14H17F3O. The van der Waals surface area contributed by atoms with Gasteiger partial charge in [0.05, 0.1) is 5.56 Å². The summed E-state index contributed by atoms with van der Waals surface area (Å²) in [7, 11) is 0. The number of halogens is 3. The Labute approximate surface area is 105 Å². The van der Waals surface area contributed by atoms with Crippen molar-refractivity contribution in [2.75, 3.05) is 0 Å². The third-order valence-electron chi connectivity index (χ3n) is 2.99. The Hall–Kier alpha value is -1.32. The number of ketones is 1. The standard InChI is InChI=1S/C14H17F3O/c1-4-5-9(2)13(18)12-7-6-11(8-10(12)3)14(15,16)17/h6-9H,4-5H2,1-3H3. The van der Waals surface area contributed by atoms with Crippen LogP contribution in [-0.2, 0) is 6.18 Å². The van der Waals surface area contributed by atoms with Crippen LogP contribution in [0.4, 0.5) is 13.2 Å². The highest BCUT2D eigenvalue weighted by Gasteiger charge is 2.31. The third-order valence-corrected chi connectivity index (χ3v) is 2.99. The number of carbonyl (C=O) groups is 1. The first-order valence-electron chi connectivity index (χ1n) is 5.99. The number of alkyl halides is 3. The average molecular weight is 258 g/mol. The SMILES string of the molecule is CCCC(C)C(=O)c1ccc(C(F)(F)F)cc1C. The second-order valence-corrected chi connectivity index (χ2v) is 4.58. The Morgan fingerprint density at radius 3 is 2.39 bits per heavy atom. The summed E-state index contributed by atoms with van der Waals surface area (Å²) in [5.41, 5.74) is 0.0708. The molecule has 0 aliphatic heterocycles. The summed E-state index contributed by atoms with van der Waals surface area (Å²) in [5.74, 6) is -0.228. The summed E-state index contributed by atoms with van der Waals surface area (Å²) in [4.78, 5) is 12.0. The van der Waals surface area contributed by atoms with Gasteiger partial charge in [0, 0.05) is 11.5 Å². The number of benzene rings is 1. The molecule has 1 rings (SSSR count). The Balaban J connectivity index is 3.03. The fraction of sp³-hybridized carbons (Fsp3) is 0.500. The first kappa shape index (κ1) is 14.7. The van der Waals surface area contributed by atoms with Gasteiger partial charge in [0.1, 0.15) is 0 Å². The lowest BCUT2D eigenvalue weighted by atomic mass is 9.92. The lowest BCUT2D eigenvalue weighted by Crippen LogP contribution is -2.14. The molecule has 0 aliphatic rings. The van der Waals surface area contributed by atoms with Crippen molar-refractivity contribution in [2.24, 2.45) is 5.92 Å². The Morgan fingerprint density at radius 2 is 1.94 bits per heavy atom. The van der Waals surface area contributed by atoms with Gasteiger partial charge in [-0.2, -0.15) is 13.2 Å². The predicted molar refractivity (Wildman–Crippen MR) is 64.6 cm³/mol. The second kappa shape index (κ2) is 5.55. The van der Waals surface area contributed by atoms with Crippen molar-refractivity contribution in [3.8, 4) is 0 Å². The quantitative estimate of drug-likeness (QED) is 0.719. The second-order valence-electron chi connectivity index (χ2n) is 4.58. The summed E-state index contributed by atoms with van der Waals surface area (Å²) in [6.45, 7) is 5.33. The number of aryl methyl sites for hydroxylation is 1. The van der Waals surface area contributed by atoms with Gasteiger partial charge < -0.3 is 0 Å². The maximum atomic E-state index is 12.5. The molecule has 100 valence electrons. The molecule has 0 saturated carbocycles. The molecule has 1 aromatic rings. The van der Waals surface area contributed by atoms with Crippen molar-refractivity contribution in [2.45, 2.75) is 39.8 Å². The van der Waals surface area contributed by atoms with Gasteiger partial charge in [0.25, 0.3) is 0 Å². The van der Waals surface area contributed by atoms with Crippen LogP contribution in [0.3, 0.4) is 0 Å². The highest BCUT2D eigenvalue weighted by atomic mass is 19.4. The van der Waals surface area contributed by atoms with Crippen LogP contribution in [0, 0.1) is 12.8 Å². The van der Waals surface area contributed by atoms with Gasteiger partial charge in [0.15, 0.2) is 5.78 Å². The highest BCUT2D eigenvalue weighted by Crippen LogP contribution is 2.31. The van der Waals surface area contributed by atoms with Crippen LogP contribution < -0.4 is 0 Å². The van der Waals surface area contributed by atoms with Gasteiger partial charge in [-0.1, -0.05) is 26.3 Å². The minimum atomic E-state index is -4.36. The van der Waals surface area contributed by atoms with Gasteiger partial charge in [0.2, 0.25) is 0 Å². The zero-order valence-corrected chi connectivity index (χ0v) is 10.8.